The maximum atomic E-state index is 13.1. The molecule has 2 aromatic heterocycles. The lowest BCUT2D eigenvalue weighted by Crippen LogP contribution is -2.38. The lowest BCUT2D eigenvalue weighted by atomic mass is 10.0. The number of pyridine rings is 1. The first kappa shape index (κ1) is 21.2. The zero-order valence-electron chi connectivity index (χ0n) is 16.1. The Hall–Kier alpha value is -3.08. The van der Waals surface area contributed by atoms with Crippen LogP contribution >= 0.6 is 0 Å². The fourth-order valence-corrected chi connectivity index (χ4v) is 3.56. The van der Waals surface area contributed by atoms with Gasteiger partial charge in [-0.15, -0.1) is 10.2 Å². The third-order valence-electron chi connectivity index (χ3n) is 5.00. The Kier molecular flexibility index (Phi) is 5.86. The molecule has 0 bridgehead atoms. The Balaban J connectivity index is 1.80. The SMILES string of the molecule is FC(F)Oc1cc(C(F)(F)F)ccc1-c1nnc(N[C@@H]2CCCNC2)c2ccncc12. The molecule has 1 saturated heterocycles. The topological polar surface area (TPSA) is 72.0 Å². The third-order valence-corrected chi connectivity index (χ3v) is 5.00. The summed E-state index contributed by atoms with van der Waals surface area (Å²) in [5, 5.41) is 16.0. The molecule has 1 aliphatic rings. The fraction of sp³-hybridized carbons (Fsp3) is 0.350. The van der Waals surface area contributed by atoms with Crippen molar-refractivity contribution < 1.29 is 26.7 Å². The number of anilines is 1. The molecule has 1 aliphatic heterocycles. The van der Waals surface area contributed by atoms with E-state index in [4.69, 9.17) is 0 Å². The lowest BCUT2D eigenvalue weighted by Gasteiger charge is -2.24. The average Bonchev–Trinajstić information content (AvgIpc) is 2.74. The zero-order chi connectivity index (χ0) is 22.0. The summed E-state index contributed by atoms with van der Waals surface area (Å²) < 4.78 is 69.4. The predicted octanol–water partition coefficient (Wildman–Crippen LogP) is 4.48. The molecule has 4 rings (SSSR count). The minimum absolute atomic E-state index is 0.0373. The number of nitrogens with zero attached hydrogens (tertiary/aromatic N) is 3. The maximum absolute atomic E-state index is 13.1. The van der Waals surface area contributed by atoms with Gasteiger partial charge in [0.2, 0.25) is 0 Å². The van der Waals surface area contributed by atoms with Gasteiger partial charge < -0.3 is 15.4 Å². The van der Waals surface area contributed by atoms with E-state index in [1.807, 2.05) is 0 Å². The first-order valence-electron chi connectivity index (χ1n) is 9.57. The molecule has 1 atom stereocenters. The zero-order valence-corrected chi connectivity index (χ0v) is 16.1. The van der Waals surface area contributed by atoms with Crippen LogP contribution in [0.25, 0.3) is 22.0 Å². The van der Waals surface area contributed by atoms with Crippen molar-refractivity contribution in [3.63, 3.8) is 0 Å². The van der Waals surface area contributed by atoms with Crippen molar-refractivity contribution in [3.8, 4) is 17.0 Å². The predicted molar refractivity (Wildman–Crippen MR) is 104 cm³/mol. The summed E-state index contributed by atoms with van der Waals surface area (Å²) in [6.07, 6.45) is 0.238. The van der Waals surface area contributed by atoms with Crippen LogP contribution in [-0.2, 0) is 6.18 Å². The van der Waals surface area contributed by atoms with E-state index >= 15 is 0 Å². The van der Waals surface area contributed by atoms with Crippen LogP contribution in [0.3, 0.4) is 0 Å². The molecule has 164 valence electrons. The van der Waals surface area contributed by atoms with Crippen molar-refractivity contribution in [2.24, 2.45) is 0 Å². The molecular weight excluding hydrogens is 421 g/mol. The molecule has 0 spiro atoms. The summed E-state index contributed by atoms with van der Waals surface area (Å²) in [6.45, 7) is -1.62. The number of hydrogen-bond donors (Lipinski definition) is 2. The number of benzene rings is 1. The molecule has 31 heavy (non-hydrogen) atoms. The molecule has 0 saturated carbocycles. The van der Waals surface area contributed by atoms with Crippen LogP contribution in [0.15, 0.2) is 36.7 Å². The summed E-state index contributed by atoms with van der Waals surface area (Å²) in [5.74, 6) is -0.153. The van der Waals surface area contributed by atoms with Crippen LogP contribution in [0.5, 0.6) is 5.75 Å². The number of ether oxygens (including phenoxy) is 1. The Morgan fingerprint density at radius 1 is 1.13 bits per heavy atom. The van der Waals surface area contributed by atoms with Crippen LogP contribution in [-0.4, -0.2) is 40.9 Å². The number of halogens is 5. The van der Waals surface area contributed by atoms with Crippen molar-refractivity contribution in [2.45, 2.75) is 31.7 Å². The lowest BCUT2D eigenvalue weighted by molar-refractivity contribution is -0.138. The van der Waals surface area contributed by atoms with Gasteiger partial charge in [0.05, 0.1) is 5.56 Å². The smallest absolute Gasteiger partial charge is 0.416 e. The summed E-state index contributed by atoms with van der Waals surface area (Å²) >= 11 is 0. The molecular formula is C20H18F5N5O. The van der Waals surface area contributed by atoms with Gasteiger partial charge in [0.1, 0.15) is 11.4 Å². The van der Waals surface area contributed by atoms with Crippen LogP contribution in [0.4, 0.5) is 27.8 Å². The molecule has 0 amide bonds. The largest absolute Gasteiger partial charge is 0.434 e. The minimum Gasteiger partial charge on any atom is -0.434 e. The number of aromatic nitrogens is 3. The third kappa shape index (κ3) is 4.66. The molecule has 0 radical (unpaired) electrons. The van der Waals surface area contributed by atoms with Gasteiger partial charge >= 0.3 is 12.8 Å². The number of piperidine rings is 1. The molecule has 3 aromatic rings. The first-order chi connectivity index (χ1) is 14.8. The number of fused-ring (bicyclic) bond motifs is 1. The van der Waals surface area contributed by atoms with Crippen LogP contribution in [0, 0.1) is 0 Å². The molecule has 2 N–H and O–H groups in total. The molecule has 0 aliphatic carbocycles. The van der Waals surface area contributed by atoms with Crippen molar-refractivity contribution >= 4 is 16.6 Å². The Morgan fingerprint density at radius 2 is 1.97 bits per heavy atom. The van der Waals surface area contributed by atoms with E-state index in [1.165, 1.54) is 6.20 Å². The van der Waals surface area contributed by atoms with Crippen molar-refractivity contribution in [2.75, 3.05) is 18.4 Å². The average molecular weight is 439 g/mol. The Bertz CT molecular complexity index is 1070. The molecule has 1 aromatic carbocycles. The standard InChI is InChI=1S/C20H18F5N5O/c21-19(22)31-16-8-11(20(23,24)25)3-4-14(16)17-15-10-27-7-5-13(15)18(30-29-17)28-12-2-1-6-26-9-12/h3-5,7-8,10,12,19,26H,1-2,6,9H2,(H,28,30)/t12-/m1/s1. The number of hydrogen-bond acceptors (Lipinski definition) is 6. The summed E-state index contributed by atoms with van der Waals surface area (Å²) in [5.41, 5.74) is -1.05. The van der Waals surface area contributed by atoms with Gasteiger partial charge in [-0.05, 0) is 43.7 Å². The highest BCUT2D eigenvalue weighted by molar-refractivity contribution is 6.00. The highest BCUT2D eigenvalue weighted by Crippen LogP contribution is 2.39. The van der Waals surface area contributed by atoms with E-state index in [1.54, 1.807) is 12.3 Å². The van der Waals surface area contributed by atoms with Crippen LogP contribution in [0.1, 0.15) is 18.4 Å². The van der Waals surface area contributed by atoms with Gasteiger partial charge in [0.25, 0.3) is 0 Å². The van der Waals surface area contributed by atoms with Crippen molar-refractivity contribution in [1.29, 1.82) is 0 Å². The Labute approximate surface area is 173 Å². The minimum atomic E-state index is -4.71. The number of rotatable bonds is 5. The second kappa shape index (κ2) is 8.58. The number of nitrogens with one attached hydrogen (secondary N) is 2. The van der Waals surface area contributed by atoms with Gasteiger partial charge in [-0.2, -0.15) is 22.0 Å². The summed E-state index contributed by atoms with van der Waals surface area (Å²) in [4.78, 5) is 4.06. The second-order valence-electron chi connectivity index (χ2n) is 7.09. The maximum Gasteiger partial charge on any atom is 0.416 e. The molecule has 3 heterocycles. The van der Waals surface area contributed by atoms with Crippen LogP contribution < -0.4 is 15.4 Å². The van der Waals surface area contributed by atoms with Gasteiger partial charge in [-0.3, -0.25) is 4.98 Å². The van der Waals surface area contributed by atoms with E-state index < -0.39 is 24.1 Å². The van der Waals surface area contributed by atoms with Crippen LogP contribution in [0.2, 0.25) is 0 Å². The summed E-state index contributed by atoms with van der Waals surface area (Å²) in [7, 11) is 0. The van der Waals surface area contributed by atoms with Crippen molar-refractivity contribution in [3.05, 3.63) is 42.2 Å². The van der Waals surface area contributed by atoms with E-state index in [0.29, 0.717) is 22.7 Å². The molecule has 0 unspecified atom stereocenters. The van der Waals surface area contributed by atoms with E-state index in [2.05, 4.69) is 30.6 Å². The number of alkyl halides is 5. The van der Waals surface area contributed by atoms with E-state index in [9.17, 15) is 22.0 Å². The molecule has 1 fully saturated rings. The molecule has 11 heteroatoms. The normalized spacial score (nSPS) is 17.2. The van der Waals surface area contributed by atoms with Gasteiger partial charge in [0.15, 0.2) is 5.82 Å². The van der Waals surface area contributed by atoms with E-state index in [0.717, 1.165) is 38.1 Å². The van der Waals surface area contributed by atoms with Gasteiger partial charge in [0, 0.05) is 41.3 Å². The van der Waals surface area contributed by atoms with E-state index in [-0.39, 0.29) is 17.3 Å². The van der Waals surface area contributed by atoms with Gasteiger partial charge in [-0.1, -0.05) is 0 Å². The second-order valence-corrected chi connectivity index (χ2v) is 7.09. The summed E-state index contributed by atoms with van der Waals surface area (Å²) in [6, 6.07) is 4.19. The molecule has 6 nitrogen and oxygen atoms in total. The highest BCUT2D eigenvalue weighted by Gasteiger charge is 2.32. The quantitative estimate of drug-likeness (QED) is 0.572. The fourth-order valence-electron chi connectivity index (χ4n) is 3.56. The monoisotopic (exact) mass is 439 g/mol. The first-order valence-corrected chi connectivity index (χ1v) is 9.57. The van der Waals surface area contributed by atoms with Gasteiger partial charge in [-0.25, -0.2) is 0 Å². The Morgan fingerprint density at radius 3 is 2.68 bits per heavy atom. The van der Waals surface area contributed by atoms with Crippen molar-refractivity contribution in [1.82, 2.24) is 20.5 Å². The highest BCUT2D eigenvalue weighted by atomic mass is 19.4.